The zero-order valence-corrected chi connectivity index (χ0v) is 9.77. The molecule has 0 radical (unpaired) electrons. The molecule has 1 aromatic rings. The van der Waals surface area contributed by atoms with Gasteiger partial charge in [0.2, 0.25) is 0 Å². The summed E-state index contributed by atoms with van der Waals surface area (Å²) in [6, 6.07) is 4.68. The maximum Gasteiger partial charge on any atom is 0.129 e. The van der Waals surface area contributed by atoms with Crippen molar-refractivity contribution in [2.24, 2.45) is 5.73 Å². The van der Waals surface area contributed by atoms with Gasteiger partial charge in [-0.05, 0) is 31.4 Å². The predicted octanol–water partition coefficient (Wildman–Crippen LogP) is 2.83. The number of rotatable bonds is 1. The molecule has 2 rings (SSSR count). The molecule has 0 aromatic heterocycles. The lowest BCUT2D eigenvalue weighted by Gasteiger charge is -2.28. The van der Waals surface area contributed by atoms with Crippen LogP contribution in [-0.4, -0.2) is 13.2 Å². The molecule has 0 spiro atoms. The third-order valence-corrected chi connectivity index (χ3v) is 3.31. The van der Waals surface area contributed by atoms with Gasteiger partial charge in [0.1, 0.15) is 5.82 Å². The Balaban J connectivity index is 2.33. The van der Waals surface area contributed by atoms with Crippen molar-refractivity contribution in [2.75, 3.05) is 13.2 Å². The van der Waals surface area contributed by atoms with Crippen molar-refractivity contribution < 1.29 is 9.13 Å². The van der Waals surface area contributed by atoms with E-state index in [1.165, 1.54) is 6.07 Å². The minimum atomic E-state index is -0.620. The van der Waals surface area contributed by atoms with E-state index in [1.54, 1.807) is 12.1 Å². The highest BCUT2D eigenvalue weighted by Crippen LogP contribution is 2.32. The van der Waals surface area contributed by atoms with Crippen LogP contribution in [0.3, 0.4) is 0 Å². The molecule has 1 aliphatic rings. The maximum atomic E-state index is 13.8. The quantitative estimate of drug-likeness (QED) is 0.823. The molecule has 0 bridgehead atoms. The summed E-state index contributed by atoms with van der Waals surface area (Å²) >= 11 is 5.73. The van der Waals surface area contributed by atoms with Gasteiger partial charge < -0.3 is 10.5 Å². The summed E-state index contributed by atoms with van der Waals surface area (Å²) in [5, 5.41) is 0.398. The van der Waals surface area contributed by atoms with Crippen LogP contribution in [0.4, 0.5) is 4.39 Å². The van der Waals surface area contributed by atoms with Gasteiger partial charge in [-0.15, -0.1) is 0 Å². The molecule has 1 unspecified atom stereocenters. The summed E-state index contributed by atoms with van der Waals surface area (Å²) in [6.45, 7) is 1.28. The first kappa shape index (κ1) is 11.8. The van der Waals surface area contributed by atoms with E-state index in [4.69, 9.17) is 22.1 Å². The zero-order chi connectivity index (χ0) is 11.6. The van der Waals surface area contributed by atoms with Gasteiger partial charge in [-0.3, -0.25) is 0 Å². The molecule has 1 atom stereocenters. The molecule has 1 heterocycles. The van der Waals surface area contributed by atoms with Crippen molar-refractivity contribution in [2.45, 2.75) is 24.8 Å². The Kier molecular flexibility index (Phi) is 3.47. The third-order valence-electron chi connectivity index (χ3n) is 3.07. The normalized spacial score (nSPS) is 26.4. The van der Waals surface area contributed by atoms with Gasteiger partial charge in [0, 0.05) is 29.3 Å². The SMILES string of the molecule is NC1(c2ccc(Cl)cc2F)CCCOCC1. The van der Waals surface area contributed by atoms with Crippen LogP contribution in [0.1, 0.15) is 24.8 Å². The first-order chi connectivity index (χ1) is 7.62. The first-order valence-corrected chi connectivity index (χ1v) is 5.82. The number of ether oxygens (including phenoxy) is 1. The van der Waals surface area contributed by atoms with Crippen molar-refractivity contribution in [1.82, 2.24) is 0 Å². The molecular weight excluding hydrogens is 229 g/mol. The molecule has 1 aromatic carbocycles. The standard InChI is InChI=1S/C12H15ClFNO/c13-9-2-3-10(11(14)8-9)12(15)4-1-6-16-7-5-12/h2-3,8H,1,4-7,15H2. The van der Waals surface area contributed by atoms with Gasteiger partial charge in [0.25, 0.3) is 0 Å². The van der Waals surface area contributed by atoms with Gasteiger partial charge in [-0.25, -0.2) is 4.39 Å². The van der Waals surface area contributed by atoms with Crippen molar-refractivity contribution >= 4 is 11.6 Å². The molecule has 88 valence electrons. The lowest BCUT2D eigenvalue weighted by molar-refractivity contribution is 0.139. The summed E-state index contributed by atoms with van der Waals surface area (Å²) in [7, 11) is 0. The molecule has 16 heavy (non-hydrogen) atoms. The Hall–Kier alpha value is -0.640. The number of benzene rings is 1. The molecule has 2 N–H and O–H groups in total. The van der Waals surface area contributed by atoms with Crippen LogP contribution in [0, 0.1) is 5.82 Å². The fourth-order valence-corrected chi connectivity index (χ4v) is 2.29. The Bertz CT molecular complexity index is 375. The highest BCUT2D eigenvalue weighted by atomic mass is 35.5. The van der Waals surface area contributed by atoms with Crippen LogP contribution in [0.2, 0.25) is 5.02 Å². The first-order valence-electron chi connectivity index (χ1n) is 5.44. The topological polar surface area (TPSA) is 35.2 Å². The lowest BCUT2D eigenvalue weighted by Crippen LogP contribution is -2.37. The lowest BCUT2D eigenvalue weighted by atomic mass is 9.84. The average molecular weight is 244 g/mol. The number of nitrogens with two attached hydrogens (primary N) is 1. The number of halogens is 2. The van der Waals surface area contributed by atoms with E-state index >= 15 is 0 Å². The highest BCUT2D eigenvalue weighted by Gasteiger charge is 2.31. The van der Waals surface area contributed by atoms with E-state index in [0.29, 0.717) is 30.2 Å². The van der Waals surface area contributed by atoms with Crippen LogP contribution in [0.5, 0.6) is 0 Å². The van der Waals surface area contributed by atoms with Crippen LogP contribution >= 0.6 is 11.6 Å². The van der Waals surface area contributed by atoms with E-state index in [9.17, 15) is 4.39 Å². The second kappa shape index (κ2) is 4.70. The van der Waals surface area contributed by atoms with E-state index in [1.807, 2.05) is 0 Å². The van der Waals surface area contributed by atoms with E-state index in [2.05, 4.69) is 0 Å². The van der Waals surface area contributed by atoms with Crippen molar-refractivity contribution in [1.29, 1.82) is 0 Å². The summed E-state index contributed by atoms with van der Waals surface area (Å²) in [4.78, 5) is 0. The monoisotopic (exact) mass is 243 g/mol. The fraction of sp³-hybridized carbons (Fsp3) is 0.500. The van der Waals surface area contributed by atoms with Crippen LogP contribution in [0.25, 0.3) is 0 Å². The van der Waals surface area contributed by atoms with Gasteiger partial charge in [0.15, 0.2) is 0 Å². The Labute approximate surface area is 99.5 Å². The van der Waals surface area contributed by atoms with Crippen LogP contribution < -0.4 is 5.73 Å². The molecule has 4 heteroatoms. The molecule has 0 saturated carbocycles. The molecule has 1 aliphatic heterocycles. The summed E-state index contributed by atoms with van der Waals surface area (Å²) in [5.41, 5.74) is 6.19. The molecule has 2 nitrogen and oxygen atoms in total. The van der Waals surface area contributed by atoms with Crippen LogP contribution in [-0.2, 0) is 10.3 Å². The second-order valence-corrected chi connectivity index (χ2v) is 4.68. The van der Waals surface area contributed by atoms with Crippen molar-refractivity contribution in [3.63, 3.8) is 0 Å². The third kappa shape index (κ3) is 2.37. The molecule has 1 fully saturated rings. The van der Waals surface area contributed by atoms with Gasteiger partial charge in [-0.1, -0.05) is 17.7 Å². The van der Waals surface area contributed by atoms with Gasteiger partial charge in [0.05, 0.1) is 0 Å². The van der Waals surface area contributed by atoms with Gasteiger partial charge >= 0.3 is 0 Å². The van der Waals surface area contributed by atoms with Gasteiger partial charge in [-0.2, -0.15) is 0 Å². The second-order valence-electron chi connectivity index (χ2n) is 4.25. The van der Waals surface area contributed by atoms with E-state index in [-0.39, 0.29) is 5.82 Å². The molecule has 0 amide bonds. The number of hydrogen-bond acceptors (Lipinski definition) is 2. The molecule has 1 saturated heterocycles. The minimum Gasteiger partial charge on any atom is -0.381 e. The van der Waals surface area contributed by atoms with Crippen molar-refractivity contribution in [3.8, 4) is 0 Å². The minimum absolute atomic E-state index is 0.322. The van der Waals surface area contributed by atoms with Crippen LogP contribution in [0.15, 0.2) is 18.2 Å². The molecular formula is C12H15ClFNO. The zero-order valence-electron chi connectivity index (χ0n) is 9.01. The Morgan fingerprint density at radius 2 is 2.12 bits per heavy atom. The predicted molar refractivity (Wildman–Crippen MR) is 61.9 cm³/mol. The smallest absolute Gasteiger partial charge is 0.129 e. The summed E-state index contributed by atoms with van der Waals surface area (Å²) in [6.07, 6.45) is 2.25. The Morgan fingerprint density at radius 3 is 2.88 bits per heavy atom. The summed E-state index contributed by atoms with van der Waals surface area (Å²) in [5.74, 6) is -0.322. The fourth-order valence-electron chi connectivity index (χ4n) is 2.13. The largest absolute Gasteiger partial charge is 0.381 e. The van der Waals surface area contributed by atoms with E-state index in [0.717, 1.165) is 12.8 Å². The highest BCUT2D eigenvalue weighted by molar-refractivity contribution is 6.30. The number of hydrogen-bond donors (Lipinski definition) is 1. The van der Waals surface area contributed by atoms with Crippen molar-refractivity contribution in [3.05, 3.63) is 34.6 Å². The van der Waals surface area contributed by atoms with E-state index < -0.39 is 5.54 Å². The molecule has 0 aliphatic carbocycles. The maximum absolute atomic E-state index is 13.8. The average Bonchev–Trinajstić information content (AvgIpc) is 2.43. The Morgan fingerprint density at radius 1 is 1.31 bits per heavy atom. The summed E-state index contributed by atoms with van der Waals surface area (Å²) < 4.78 is 19.2.